The van der Waals surface area contributed by atoms with E-state index >= 15 is 0 Å². The minimum Gasteiger partial charge on any atom is -0.379 e. The first-order valence-corrected chi connectivity index (χ1v) is 7.31. The van der Waals surface area contributed by atoms with Gasteiger partial charge in [-0.15, -0.1) is 0 Å². The first kappa shape index (κ1) is 12.5. The molecule has 0 aromatic carbocycles. The van der Waals surface area contributed by atoms with Crippen LogP contribution in [0.5, 0.6) is 0 Å². The van der Waals surface area contributed by atoms with Gasteiger partial charge in [0.05, 0.1) is 19.1 Å². The predicted molar refractivity (Wildman–Crippen MR) is 59.3 cm³/mol. The Morgan fingerprint density at radius 1 is 1.47 bits per heavy atom. The van der Waals surface area contributed by atoms with Gasteiger partial charge in [-0.25, -0.2) is 8.42 Å². The summed E-state index contributed by atoms with van der Waals surface area (Å²) >= 11 is 0. The van der Waals surface area contributed by atoms with Crippen molar-refractivity contribution in [2.75, 3.05) is 26.5 Å². The number of aromatic nitrogens is 2. The minimum atomic E-state index is -3.14. The maximum Gasteiger partial charge on any atom is 0.233 e. The summed E-state index contributed by atoms with van der Waals surface area (Å²) in [5.41, 5.74) is 0. The van der Waals surface area contributed by atoms with E-state index in [4.69, 9.17) is 9.26 Å². The van der Waals surface area contributed by atoms with Gasteiger partial charge in [-0.2, -0.15) is 4.98 Å². The second-order valence-electron chi connectivity index (χ2n) is 4.16. The third kappa shape index (κ3) is 3.02. The predicted octanol–water partition coefficient (Wildman–Crippen LogP) is -0.684. The van der Waals surface area contributed by atoms with Gasteiger partial charge in [-0.05, 0) is 7.05 Å². The summed E-state index contributed by atoms with van der Waals surface area (Å²) in [5, 5.41) is 6.77. The van der Waals surface area contributed by atoms with Crippen LogP contribution in [0.1, 0.15) is 17.6 Å². The molecular weight excluding hydrogens is 246 g/mol. The highest BCUT2D eigenvalue weighted by Gasteiger charge is 2.33. The molecule has 96 valence electrons. The van der Waals surface area contributed by atoms with Gasteiger partial charge < -0.3 is 14.6 Å². The van der Waals surface area contributed by atoms with Gasteiger partial charge >= 0.3 is 0 Å². The van der Waals surface area contributed by atoms with Crippen molar-refractivity contribution in [1.82, 2.24) is 15.5 Å². The van der Waals surface area contributed by atoms with Crippen molar-refractivity contribution < 1.29 is 17.7 Å². The third-order valence-electron chi connectivity index (χ3n) is 2.64. The van der Waals surface area contributed by atoms with Gasteiger partial charge in [0.15, 0.2) is 15.7 Å². The van der Waals surface area contributed by atoms with E-state index in [1.54, 1.807) is 0 Å². The molecule has 0 bridgehead atoms. The number of sulfone groups is 1. The van der Waals surface area contributed by atoms with E-state index in [9.17, 15) is 8.42 Å². The number of nitrogens with zero attached hydrogens (tertiary/aromatic N) is 2. The number of ether oxygens (including phenoxy) is 1. The van der Waals surface area contributed by atoms with E-state index in [0.717, 1.165) is 6.26 Å². The van der Waals surface area contributed by atoms with Crippen LogP contribution in [-0.2, 0) is 20.3 Å². The van der Waals surface area contributed by atoms with Crippen molar-refractivity contribution in [2.24, 2.45) is 0 Å². The van der Waals surface area contributed by atoms with E-state index in [-0.39, 0.29) is 23.5 Å². The van der Waals surface area contributed by atoms with Crippen LogP contribution in [0.3, 0.4) is 0 Å². The Labute approximate surface area is 99.5 Å². The van der Waals surface area contributed by atoms with Crippen molar-refractivity contribution in [2.45, 2.75) is 17.7 Å². The Balaban J connectivity index is 2.13. The Morgan fingerprint density at radius 3 is 2.88 bits per heavy atom. The number of hydrogen-bond donors (Lipinski definition) is 1. The highest BCUT2D eigenvalue weighted by atomic mass is 32.2. The topological polar surface area (TPSA) is 94.3 Å². The van der Waals surface area contributed by atoms with Gasteiger partial charge in [0.1, 0.15) is 5.75 Å². The molecule has 1 fully saturated rings. The Morgan fingerprint density at radius 2 is 2.24 bits per heavy atom. The Bertz CT molecular complexity index is 484. The summed E-state index contributed by atoms with van der Waals surface area (Å²) in [6, 6.07) is 0.126. The maximum atomic E-state index is 11.1. The smallest absolute Gasteiger partial charge is 0.233 e. The second kappa shape index (κ2) is 4.71. The van der Waals surface area contributed by atoms with E-state index in [2.05, 4.69) is 15.5 Å². The molecule has 0 spiro atoms. The lowest BCUT2D eigenvalue weighted by Gasteiger charge is -2.11. The summed E-state index contributed by atoms with van der Waals surface area (Å²) in [6.07, 6.45) is 1.14. The normalized spacial score (nSPS) is 25.3. The zero-order valence-electron chi connectivity index (χ0n) is 9.71. The lowest BCUT2D eigenvalue weighted by Crippen LogP contribution is -2.31. The number of hydrogen-bond acceptors (Lipinski definition) is 7. The fourth-order valence-corrected chi connectivity index (χ4v) is 2.38. The summed E-state index contributed by atoms with van der Waals surface area (Å²) in [6.45, 7) is 1.09. The monoisotopic (exact) mass is 261 g/mol. The molecule has 2 heterocycles. The average molecular weight is 261 g/mol. The quantitative estimate of drug-likeness (QED) is 0.767. The van der Waals surface area contributed by atoms with Crippen LogP contribution in [-0.4, -0.2) is 51.1 Å². The van der Waals surface area contributed by atoms with Gasteiger partial charge in [0.2, 0.25) is 5.89 Å². The van der Waals surface area contributed by atoms with E-state index in [0.29, 0.717) is 19.1 Å². The van der Waals surface area contributed by atoms with Gasteiger partial charge in [-0.3, -0.25) is 0 Å². The molecule has 8 heteroatoms. The van der Waals surface area contributed by atoms with Crippen molar-refractivity contribution in [3.8, 4) is 0 Å². The highest BCUT2D eigenvalue weighted by Crippen LogP contribution is 2.24. The number of rotatable bonds is 4. The molecular formula is C9H15N3O4S. The first-order chi connectivity index (χ1) is 7.99. The molecule has 0 aliphatic carbocycles. The standard InChI is InChI=1S/C9H15N3O4S/c1-10-7-4-15-3-6(7)9-11-8(12-16-9)5-17(2,13)14/h6-7,10H,3-5H2,1-2H3. The average Bonchev–Trinajstić information content (AvgIpc) is 2.81. The largest absolute Gasteiger partial charge is 0.379 e. The molecule has 1 aliphatic heterocycles. The van der Waals surface area contributed by atoms with Gasteiger partial charge in [-0.1, -0.05) is 5.16 Å². The van der Waals surface area contributed by atoms with E-state index < -0.39 is 9.84 Å². The zero-order valence-corrected chi connectivity index (χ0v) is 10.5. The van der Waals surface area contributed by atoms with Crippen LogP contribution >= 0.6 is 0 Å². The SMILES string of the molecule is CNC1COCC1c1nc(CS(C)(=O)=O)no1. The molecule has 1 aromatic heterocycles. The molecule has 1 aliphatic rings. The highest BCUT2D eigenvalue weighted by molar-refractivity contribution is 7.89. The summed E-state index contributed by atoms with van der Waals surface area (Å²) in [5.74, 6) is 0.416. The lowest BCUT2D eigenvalue weighted by molar-refractivity contribution is 0.185. The van der Waals surface area contributed by atoms with Crippen LogP contribution in [0, 0.1) is 0 Å². The van der Waals surface area contributed by atoms with E-state index in [1.807, 2.05) is 7.05 Å². The number of likely N-dealkylation sites (N-methyl/N-ethyl adjacent to an activating group) is 1. The van der Waals surface area contributed by atoms with Crippen LogP contribution in [0.4, 0.5) is 0 Å². The van der Waals surface area contributed by atoms with Crippen LogP contribution in [0.2, 0.25) is 0 Å². The molecule has 2 atom stereocenters. The molecule has 17 heavy (non-hydrogen) atoms. The Kier molecular flexibility index (Phi) is 3.45. The molecule has 2 rings (SSSR count). The molecule has 2 unspecified atom stereocenters. The second-order valence-corrected chi connectivity index (χ2v) is 6.30. The molecule has 1 saturated heterocycles. The molecule has 1 aromatic rings. The van der Waals surface area contributed by atoms with Gasteiger partial charge in [0, 0.05) is 12.3 Å². The summed E-state index contributed by atoms with van der Waals surface area (Å²) in [7, 11) is -1.30. The molecule has 0 radical (unpaired) electrons. The summed E-state index contributed by atoms with van der Waals surface area (Å²) in [4.78, 5) is 4.10. The Hall–Kier alpha value is -0.990. The summed E-state index contributed by atoms with van der Waals surface area (Å²) < 4.78 is 32.6. The number of nitrogens with one attached hydrogen (secondary N) is 1. The van der Waals surface area contributed by atoms with Crippen molar-refractivity contribution >= 4 is 9.84 Å². The lowest BCUT2D eigenvalue weighted by atomic mass is 10.0. The van der Waals surface area contributed by atoms with E-state index in [1.165, 1.54) is 0 Å². The fourth-order valence-electron chi connectivity index (χ4n) is 1.79. The fraction of sp³-hybridized carbons (Fsp3) is 0.778. The van der Waals surface area contributed by atoms with Crippen molar-refractivity contribution in [3.05, 3.63) is 11.7 Å². The molecule has 0 amide bonds. The third-order valence-corrected chi connectivity index (χ3v) is 3.43. The van der Waals surface area contributed by atoms with Crippen LogP contribution in [0.25, 0.3) is 0 Å². The first-order valence-electron chi connectivity index (χ1n) is 5.25. The molecule has 7 nitrogen and oxygen atoms in total. The molecule has 0 saturated carbocycles. The molecule has 1 N–H and O–H groups in total. The minimum absolute atomic E-state index is 0.0131. The van der Waals surface area contributed by atoms with Gasteiger partial charge in [0.25, 0.3) is 0 Å². The van der Waals surface area contributed by atoms with Crippen molar-refractivity contribution in [3.63, 3.8) is 0 Å². The maximum absolute atomic E-state index is 11.1. The zero-order chi connectivity index (χ0) is 12.5. The van der Waals surface area contributed by atoms with Crippen LogP contribution in [0.15, 0.2) is 4.52 Å². The van der Waals surface area contributed by atoms with Crippen LogP contribution < -0.4 is 5.32 Å². The van der Waals surface area contributed by atoms with Crippen molar-refractivity contribution in [1.29, 1.82) is 0 Å².